The summed E-state index contributed by atoms with van der Waals surface area (Å²) in [6.07, 6.45) is 1.65. The largest absolute Gasteiger partial charge is 0.355 e. The zero-order valence-electron chi connectivity index (χ0n) is 21.3. The molecule has 3 N–H and O–H groups in total. The molecule has 0 bridgehead atoms. The number of halogens is 1. The molecule has 0 spiro atoms. The summed E-state index contributed by atoms with van der Waals surface area (Å²) in [7, 11) is -2.17. The van der Waals surface area contributed by atoms with Gasteiger partial charge in [0.15, 0.2) is 0 Å². The second kappa shape index (κ2) is 10.4. The van der Waals surface area contributed by atoms with Crippen LogP contribution in [0.4, 0.5) is 21.5 Å². The van der Waals surface area contributed by atoms with Crippen molar-refractivity contribution in [3.63, 3.8) is 0 Å². The molecule has 0 unspecified atom stereocenters. The van der Waals surface area contributed by atoms with Gasteiger partial charge in [-0.15, -0.1) is 11.3 Å². The van der Waals surface area contributed by atoms with Gasteiger partial charge in [0.25, 0.3) is 21.5 Å². The van der Waals surface area contributed by atoms with Gasteiger partial charge in [0.1, 0.15) is 5.82 Å². The van der Waals surface area contributed by atoms with E-state index in [0.717, 1.165) is 5.41 Å². The minimum atomic E-state index is -3.79. The Kier molecular flexibility index (Phi) is 7.43. The van der Waals surface area contributed by atoms with Gasteiger partial charge >= 0.3 is 0 Å². The SMILES string of the molecule is C=CS(=O)(=O)Nc1ccc(Nc2c(C)cc(F)cc2C)c(-c2cn(C)c(=O)c3cc(C(=O)NCC)sc23)c1. The number of carbonyl (C=O) groups is 1. The number of pyridine rings is 1. The van der Waals surface area contributed by atoms with Gasteiger partial charge in [-0.2, -0.15) is 0 Å². The van der Waals surface area contributed by atoms with Crippen LogP contribution < -0.4 is 20.9 Å². The summed E-state index contributed by atoms with van der Waals surface area (Å²) in [6, 6.07) is 9.35. The average molecular weight is 555 g/mol. The maximum Gasteiger partial charge on any atom is 0.261 e. The fourth-order valence-corrected chi connectivity index (χ4v) is 5.82. The smallest absolute Gasteiger partial charge is 0.261 e. The number of hydrogen-bond donors (Lipinski definition) is 3. The molecule has 8 nitrogen and oxygen atoms in total. The highest BCUT2D eigenvalue weighted by Gasteiger charge is 2.20. The summed E-state index contributed by atoms with van der Waals surface area (Å²) in [5, 5.41) is 7.29. The molecular formula is C27H27FN4O4S2. The number of thiophene rings is 1. The number of aromatic nitrogens is 1. The number of carbonyl (C=O) groups excluding carboxylic acids is 1. The van der Waals surface area contributed by atoms with Gasteiger partial charge in [0.05, 0.1) is 15.0 Å². The van der Waals surface area contributed by atoms with Gasteiger partial charge in [0, 0.05) is 53.4 Å². The van der Waals surface area contributed by atoms with E-state index in [1.54, 1.807) is 51.4 Å². The lowest BCUT2D eigenvalue weighted by molar-refractivity contribution is 0.0960. The van der Waals surface area contributed by atoms with Crippen LogP contribution in [0.2, 0.25) is 0 Å². The van der Waals surface area contributed by atoms with E-state index in [-0.39, 0.29) is 23.0 Å². The van der Waals surface area contributed by atoms with E-state index in [9.17, 15) is 22.4 Å². The summed E-state index contributed by atoms with van der Waals surface area (Å²) in [5.41, 5.74) is 3.86. The van der Waals surface area contributed by atoms with E-state index in [1.807, 2.05) is 6.92 Å². The minimum absolute atomic E-state index is 0.265. The van der Waals surface area contributed by atoms with Crippen LogP contribution in [0.25, 0.3) is 21.2 Å². The summed E-state index contributed by atoms with van der Waals surface area (Å²) in [5.74, 6) is -0.638. The van der Waals surface area contributed by atoms with Crippen molar-refractivity contribution in [3.8, 4) is 11.1 Å². The molecule has 2 heterocycles. The number of amides is 1. The summed E-state index contributed by atoms with van der Waals surface area (Å²) in [6.45, 7) is 9.15. The van der Waals surface area contributed by atoms with Crippen molar-refractivity contribution in [1.82, 2.24) is 9.88 Å². The number of aryl methyl sites for hydroxylation is 3. The molecule has 198 valence electrons. The molecule has 0 fully saturated rings. The Morgan fingerprint density at radius 2 is 1.82 bits per heavy atom. The Morgan fingerprint density at radius 1 is 1.13 bits per heavy atom. The number of benzene rings is 2. The molecular weight excluding hydrogens is 527 g/mol. The molecule has 0 radical (unpaired) electrons. The molecule has 0 saturated heterocycles. The highest BCUT2D eigenvalue weighted by molar-refractivity contribution is 7.95. The Balaban J connectivity index is 1.99. The van der Waals surface area contributed by atoms with Crippen LogP contribution in [0.1, 0.15) is 27.7 Å². The molecule has 38 heavy (non-hydrogen) atoms. The number of sulfonamides is 1. The van der Waals surface area contributed by atoms with E-state index in [2.05, 4.69) is 21.9 Å². The zero-order valence-corrected chi connectivity index (χ0v) is 22.9. The van der Waals surface area contributed by atoms with Gasteiger partial charge in [-0.05, 0) is 68.3 Å². The van der Waals surface area contributed by atoms with E-state index in [4.69, 9.17) is 0 Å². The topological polar surface area (TPSA) is 109 Å². The maximum atomic E-state index is 13.9. The van der Waals surface area contributed by atoms with Gasteiger partial charge in [0.2, 0.25) is 0 Å². The average Bonchev–Trinajstić information content (AvgIpc) is 3.30. The second-order valence-corrected chi connectivity index (χ2v) is 11.5. The highest BCUT2D eigenvalue weighted by atomic mass is 32.2. The van der Waals surface area contributed by atoms with Crippen molar-refractivity contribution < 1.29 is 17.6 Å². The third-order valence-electron chi connectivity index (χ3n) is 5.96. The predicted molar refractivity (Wildman–Crippen MR) is 152 cm³/mol. The lowest BCUT2D eigenvalue weighted by Gasteiger charge is -2.18. The van der Waals surface area contributed by atoms with E-state index < -0.39 is 10.0 Å². The molecule has 2 aromatic heterocycles. The number of rotatable bonds is 8. The Labute approximate surface area is 223 Å². The lowest BCUT2D eigenvalue weighted by atomic mass is 10.0. The van der Waals surface area contributed by atoms with E-state index in [1.165, 1.54) is 28.0 Å². The van der Waals surface area contributed by atoms with Crippen LogP contribution in [0, 0.1) is 19.7 Å². The summed E-state index contributed by atoms with van der Waals surface area (Å²) >= 11 is 1.18. The lowest BCUT2D eigenvalue weighted by Crippen LogP contribution is -2.21. The molecule has 0 atom stereocenters. The fourth-order valence-electron chi connectivity index (χ4n) is 4.19. The summed E-state index contributed by atoms with van der Waals surface area (Å²) < 4.78 is 42.8. The number of anilines is 3. The van der Waals surface area contributed by atoms with E-state index >= 15 is 0 Å². The predicted octanol–water partition coefficient (Wildman–Crippen LogP) is 5.40. The number of nitrogens with zero attached hydrogens (tertiary/aromatic N) is 1. The molecule has 0 saturated carbocycles. The van der Waals surface area contributed by atoms with E-state index in [0.29, 0.717) is 55.1 Å². The molecule has 0 aliphatic rings. The standard InChI is InChI=1S/C27H27FN4O4S2/c1-6-29-26(33)23-13-20-25(37-23)21(14-32(5)27(20)34)19-12-18(31-38(35,36)7-2)8-9-22(19)30-24-15(3)10-17(28)11-16(24)4/h7-14,30-31H,2,6H2,1,3-5H3,(H,29,33). The second-order valence-electron chi connectivity index (χ2n) is 8.79. The van der Waals surface area contributed by atoms with Crippen LogP contribution >= 0.6 is 11.3 Å². The third-order valence-corrected chi connectivity index (χ3v) is 8.08. The first-order chi connectivity index (χ1) is 17.9. The number of hydrogen-bond acceptors (Lipinski definition) is 6. The number of fused-ring (bicyclic) bond motifs is 1. The van der Waals surface area contributed by atoms with Crippen molar-refractivity contribution in [2.75, 3.05) is 16.6 Å². The van der Waals surface area contributed by atoms with Crippen molar-refractivity contribution in [2.45, 2.75) is 20.8 Å². The molecule has 4 rings (SSSR count). The third kappa shape index (κ3) is 5.34. The normalized spacial score (nSPS) is 11.4. The minimum Gasteiger partial charge on any atom is -0.355 e. The zero-order chi connectivity index (χ0) is 27.8. The van der Waals surface area contributed by atoms with Gasteiger partial charge < -0.3 is 15.2 Å². The molecule has 0 aliphatic heterocycles. The molecule has 2 aromatic carbocycles. The molecule has 4 aromatic rings. The monoisotopic (exact) mass is 554 g/mol. The van der Waals surface area contributed by atoms with Crippen molar-refractivity contribution >= 4 is 54.4 Å². The fraction of sp³-hybridized carbons (Fsp3) is 0.185. The Hall–Kier alpha value is -3.96. The van der Waals surface area contributed by atoms with Crippen LogP contribution in [-0.4, -0.2) is 25.4 Å². The quantitative estimate of drug-likeness (QED) is 0.270. The van der Waals surface area contributed by atoms with Gasteiger partial charge in [-0.3, -0.25) is 14.3 Å². The van der Waals surface area contributed by atoms with Crippen LogP contribution in [0.5, 0.6) is 0 Å². The highest BCUT2D eigenvalue weighted by Crippen LogP contribution is 2.40. The molecule has 1 amide bonds. The van der Waals surface area contributed by atoms with Crippen molar-refractivity contribution in [3.05, 3.63) is 86.8 Å². The van der Waals surface area contributed by atoms with Gasteiger partial charge in [-0.1, -0.05) is 6.58 Å². The first-order valence-corrected chi connectivity index (χ1v) is 14.0. The summed E-state index contributed by atoms with van der Waals surface area (Å²) in [4.78, 5) is 25.9. The molecule has 0 aliphatic carbocycles. The maximum absolute atomic E-state index is 13.9. The molecule has 11 heteroatoms. The first-order valence-electron chi connectivity index (χ1n) is 11.7. The first kappa shape index (κ1) is 27.1. The van der Waals surface area contributed by atoms with Crippen LogP contribution in [0.15, 0.2) is 59.4 Å². The van der Waals surface area contributed by atoms with Crippen LogP contribution in [-0.2, 0) is 17.1 Å². The van der Waals surface area contributed by atoms with Gasteiger partial charge in [-0.25, -0.2) is 12.8 Å². The van der Waals surface area contributed by atoms with Crippen molar-refractivity contribution in [1.29, 1.82) is 0 Å². The Bertz CT molecular complexity index is 1730. The van der Waals surface area contributed by atoms with Crippen molar-refractivity contribution in [2.24, 2.45) is 7.05 Å². The Morgan fingerprint density at radius 3 is 2.45 bits per heavy atom. The van der Waals surface area contributed by atoms with Crippen LogP contribution in [0.3, 0.4) is 0 Å². The number of nitrogens with one attached hydrogen (secondary N) is 3.